The average Bonchev–Trinajstić information content (AvgIpc) is 3.58. The Morgan fingerprint density at radius 1 is 1.00 bits per heavy atom. The van der Waals surface area contributed by atoms with Gasteiger partial charge < -0.3 is 54.9 Å². The van der Waals surface area contributed by atoms with E-state index < -0.39 is 74.1 Å². The van der Waals surface area contributed by atoms with Gasteiger partial charge in [0.05, 0.1) is 30.9 Å². The molecule has 7 N–H and O–H groups in total. The molecule has 4 heterocycles. The maximum absolute atomic E-state index is 15.0. The van der Waals surface area contributed by atoms with E-state index in [4.69, 9.17) is 9.47 Å². The van der Waals surface area contributed by atoms with E-state index in [9.17, 15) is 39.9 Å². The SMILES string of the molecule is CC(C)=CCC/C(C)=C/CN1C(=O)[C@]2(O[C@H](CC(=O)N3Cc4ccccc4C[C@H]3CO)[C@@H]([Si](C)(C)O)[C@@H]2C)c2cc(NC(=O)[C@H]3O[C@@H](O)[C@H](O)[C@@H](O)[C@@H]3O)ccc21. The maximum atomic E-state index is 15.0. The number of ether oxygens (including phenoxy) is 2. The first kappa shape index (κ1) is 42.8. The predicted octanol–water partition coefficient (Wildman–Crippen LogP) is 2.60. The van der Waals surface area contributed by atoms with Crippen molar-refractivity contribution in [1.82, 2.24) is 4.90 Å². The summed E-state index contributed by atoms with van der Waals surface area (Å²) < 4.78 is 12.1. The molecule has 310 valence electrons. The minimum atomic E-state index is -3.18. The van der Waals surface area contributed by atoms with Crippen LogP contribution >= 0.6 is 0 Å². The van der Waals surface area contributed by atoms with Crippen molar-refractivity contribution >= 4 is 37.4 Å². The van der Waals surface area contributed by atoms with E-state index in [1.165, 1.54) is 5.57 Å². The van der Waals surface area contributed by atoms with Crippen molar-refractivity contribution in [2.45, 2.75) is 127 Å². The van der Waals surface area contributed by atoms with Gasteiger partial charge in [0.2, 0.25) is 5.91 Å². The molecule has 57 heavy (non-hydrogen) atoms. The highest BCUT2D eigenvalue weighted by atomic mass is 28.4. The van der Waals surface area contributed by atoms with Crippen LogP contribution in [0.4, 0.5) is 11.4 Å². The Labute approximate surface area is 334 Å². The molecule has 2 saturated heterocycles. The van der Waals surface area contributed by atoms with Gasteiger partial charge in [-0.1, -0.05) is 54.5 Å². The van der Waals surface area contributed by atoms with Gasteiger partial charge in [0.1, 0.15) is 18.3 Å². The molecule has 10 atom stereocenters. The van der Waals surface area contributed by atoms with Crippen LogP contribution in [-0.4, -0.2) is 117 Å². The van der Waals surface area contributed by atoms with E-state index in [0.717, 1.165) is 29.5 Å². The lowest BCUT2D eigenvalue weighted by molar-refractivity contribution is -0.274. The van der Waals surface area contributed by atoms with Crippen molar-refractivity contribution in [3.8, 4) is 0 Å². The molecule has 0 aliphatic carbocycles. The number of rotatable bonds is 11. The minimum Gasteiger partial charge on any atom is -0.432 e. The second kappa shape index (κ2) is 16.8. The van der Waals surface area contributed by atoms with Gasteiger partial charge in [-0.2, -0.15) is 0 Å². The largest absolute Gasteiger partial charge is 0.432 e. The zero-order valence-electron chi connectivity index (χ0n) is 33.5. The van der Waals surface area contributed by atoms with Crippen molar-refractivity contribution in [2.24, 2.45) is 5.92 Å². The van der Waals surface area contributed by atoms with Crippen molar-refractivity contribution < 1.29 is 54.2 Å². The van der Waals surface area contributed by atoms with Crippen LogP contribution in [0.1, 0.15) is 63.6 Å². The van der Waals surface area contributed by atoms with E-state index in [1.807, 2.05) is 58.0 Å². The number of aliphatic hydroxyl groups excluding tert-OH is 5. The topological polar surface area (TPSA) is 210 Å². The van der Waals surface area contributed by atoms with Gasteiger partial charge in [-0.15, -0.1) is 0 Å². The normalized spacial score (nSPS) is 31.3. The molecule has 0 radical (unpaired) electrons. The number of nitrogens with zero attached hydrogens (tertiary/aromatic N) is 2. The van der Waals surface area contributed by atoms with Gasteiger partial charge in [-0.3, -0.25) is 14.4 Å². The third-order valence-electron chi connectivity index (χ3n) is 12.1. The first-order valence-corrected chi connectivity index (χ1v) is 22.7. The van der Waals surface area contributed by atoms with Gasteiger partial charge in [-0.05, 0) is 82.5 Å². The van der Waals surface area contributed by atoms with Gasteiger partial charge in [0.15, 0.2) is 26.3 Å². The summed E-state index contributed by atoms with van der Waals surface area (Å²) in [7, 11) is -3.18. The fraction of sp³-hybridized carbons (Fsp3) is 0.548. The second-order valence-electron chi connectivity index (χ2n) is 16.8. The van der Waals surface area contributed by atoms with Crippen molar-refractivity contribution in [1.29, 1.82) is 0 Å². The maximum Gasteiger partial charge on any atom is 0.264 e. The molecule has 0 unspecified atom stereocenters. The first-order chi connectivity index (χ1) is 26.9. The highest BCUT2D eigenvalue weighted by Gasteiger charge is 2.66. The zero-order chi connectivity index (χ0) is 41.6. The molecule has 4 aliphatic rings. The number of hydrogen-bond acceptors (Lipinski definition) is 11. The summed E-state index contributed by atoms with van der Waals surface area (Å²) in [6, 6.07) is 12.2. The highest BCUT2D eigenvalue weighted by Crippen LogP contribution is 2.60. The molecule has 4 aliphatic heterocycles. The Hall–Kier alpha value is -3.77. The van der Waals surface area contributed by atoms with Crippen molar-refractivity contribution in [3.05, 3.63) is 82.5 Å². The number of fused-ring (bicyclic) bond motifs is 3. The lowest BCUT2D eigenvalue weighted by Crippen LogP contribution is -2.60. The Balaban J connectivity index is 1.35. The number of hydrogen-bond donors (Lipinski definition) is 7. The van der Waals surface area contributed by atoms with Crippen molar-refractivity contribution in [3.63, 3.8) is 0 Å². The van der Waals surface area contributed by atoms with Gasteiger partial charge in [0.25, 0.3) is 11.8 Å². The number of aliphatic hydroxyl groups is 5. The molecule has 0 saturated carbocycles. The Kier molecular flexibility index (Phi) is 12.6. The Bertz CT molecular complexity index is 1910. The molecule has 14 nitrogen and oxygen atoms in total. The summed E-state index contributed by atoms with van der Waals surface area (Å²) in [4.78, 5) is 57.8. The summed E-state index contributed by atoms with van der Waals surface area (Å²) in [6.07, 6.45) is -3.89. The molecule has 1 spiro atoms. The number of amides is 3. The Morgan fingerprint density at radius 3 is 2.37 bits per heavy atom. The van der Waals surface area contributed by atoms with Crippen LogP contribution in [0.3, 0.4) is 0 Å². The van der Waals surface area contributed by atoms with Crippen LogP contribution in [-0.2, 0) is 42.4 Å². The second-order valence-corrected chi connectivity index (χ2v) is 20.8. The lowest BCUT2D eigenvalue weighted by Gasteiger charge is -2.37. The molecule has 15 heteroatoms. The molecular formula is C42H57N3O11Si. The molecule has 2 aromatic rings. The van der Waals surface area contributed by atoms with Gasteiger partial charge >= 0.3 is 0 Å². The standard InChI is InChI=1S/C42H57N3O11Si/c1-23(2)10-9-11-24(3)16-17-44-31-15-14-28(43-39(51)37-35(49)34(48)36(50)40(52)55-37)19-30(31)42(41(44)53)25(4)38(57(5,6)54)32(56-42)20-33(47)45-21-27-13-8-7-12-26(27)18-29(45)22-46/h7-8,10,12-16,19,25,29,32,34-38,40,46,48-50,52,54H,9,11,17-18,20-22H2,1-6H3,(H,43,51)/b24-16+/t25-,29-,32+,34-,35-,36+,37-,38-,40+,42+/m0/s1. The summed E-state index contributed by atoms with van der Waals surface area (Å²) in [6.45, 7) is 11.8. The van der Waals surface area contributed by atoms with Crippen LogP contribution in [0.15, 0.2) is 65.8 Å². The molecular weight excluding hydrogens is 751 g/mol. The number of carbonyl (C=O) groups excluding carboxylic acids is 3. The summed E-state index contributed by atoms with van der Waals surface area (Å²) in [5.41, 5.74) is 3.25. The van der Waals surface area contributed by atoms with Crippen LogP contribution < -0.4 is 10.2 Å². The molecule has 0 aromatic heterocycles. The highest BCUT2D eigenvalue weighted by molar-refractivity contribution is 6.71. The van der Waals surface area contributed by atoms with E-state index in [1.54, 1.807) is 41.1 Å². The van der Waals surface area contributed by atoms with Crippen LogP contribution in [0, 0.1) is 5.92 Å². The molecule has 6 rings (SSSR count). The molecule has 0 bridgehead atoms. The summed E-state index contributed by atoms with van der Waals surface area (Å²) in [5, 5.41) is 53.7. The molecule has 3 amide bonds. The van der Waals surface area contributed by atoms with E-state index in [0.29, 0.717) is 24.2 Å². The van der Waals surface area contributed by atoms with Crippen LogP contribution in [0.25, 0.3) is 0 Å². The fourth-order valence-electron chi connectivity index (χ4n) is 9.10. The third kappa shape index (κ3) is 8.27. The van der Waals surface area contributed by atoms with E-state index in [2.05, 4.69) is 11.4 Å². The third-order valence-corrected chi connectivity index (χ3v) is 14.6. The fourth-order valence-corrected chi connectivity index (χ4v) is 11.7. The molecule has 2 aromatic carbocycles. The average molecular weight is 808 g/mol. The smallest absolute Gasteiger partial charge is 0.264 e. The quantitative estimate of drug-likeness (QED) is 0.130. The first-order valence-electron chi connectivity index (χ1n) is 19.7. The predicted molar refractivity (Wildman–Crippen MR) is 214 cm³/mol. The van der Waals surface area contributed by atoms with E-state index in [-0.39, 0.29) is 37.1 Å². The minimum absolute atomic E-state index is 0.137. The summed E-state index contributed by atoms with van der Waals surface area (Å²) in [5.74, 6) is -2.17. The van der Waals surface area contributed by atoms with Gasteiger partial charge in [0, 0.05) is 35.8 Å². The lowest BCUT2D eigenvalue weighted by atomic mass is 9.82. The van der Waals surface area contributed by atoms with Crippen molar-refractivity contribution in [2.75, 3.05) is 23.4 Å². The Morgan fingerprint density at radius 2 is 1.70 bits per heavy atom. The number of benzene rings is 2. The number of carbonyl (C=O) groups is 3. The van der Waals surface area contributed by atoms with Crippen LogP contribution in [0.5, 0.6) is 0 Å². The monoisotopic (exact) mass is 807 g/mol. The van der Waals surface area contributed by atoms with E-state index >= 15 is 4.79 Å². The number of nitrogens with one attached hydrogen (secondary N) is 1. The van der Waals surface area contributed by atoms with Crippen LogP contribution in [0.2, 0.25) is 18.6 Å². The number of anilines is 2. The number of allylic oxidation sites excluding steroid dienone is 3. The zero-order valence-corrected chi connectivity index (χ0v) is 34.5. The molecule has 2 fully saturated rings. The summed E-state index contributed by atoms with van der Waals surface area (Å²) >= 11 is 0. The van der Waals surface area contributed by atoms with Gasteiger partial charge in [-0.25, -0.2) is 0 Å².